The molecular weight excluding hydrogens is 492 g/mol. The number of carbonyl (C=O) groups is 4. The number of piperazine rings is 1. The van der Waals surface area contributed by atoms with Crippen LogP contribution in [0, 0.1) is 11.8 Å². The first-order valence-electron chi connectivity index (χ1n) is 13.4. The summed E-state index contributed by atoms with van der Waals surface area (Å²) in [6, 6.07) is 5.70. The largest absolute Gasteiger partial charge is 0.480 e. The molecule has 5 N–H and O–H groups in total. The molecule has 4 rings (SSSR count). The van der Waals surface area contributed by atoms with Crippen molar-refractivity contribution in [2.75, 3.05) is 81.0 Å². The zero-order valence-corrected chi connectivity index (χ0v) is 21.7. The highest BCUT2D eigenvalue weighted by molar-refractivity contribution is 6.01. The molecule has 0 aliphatic carbocycles. The number of nitrogens with one attached hydrogen (secondary N) is 3. The van der Waals surface area contributed by atoms with Gasteiger partial charge in [-0.25, -0.2) is 0 Å². The standard InChI is InChI=1S/C26H38N6O6/c33-23(34)16-30-9-3-18(4-10-30)25(37)28-21-2-1-20(32-13-7-27-8-14-32)15-22(21)29-26(38)19-5-11-31(12-6-19)17-24(35)36/h1-2,15,18-19,27H,3-14,16-17H2,(H,28,37)(H,29,38)(H,33,34)(H,35,36). The van der Waals surface area contributed by atoms with E-state index in [1.807, 2.05) is 28.0 Å². The summed E-state index contributed by atoms with van der Waals surface area (Å²) in [5.74, 6) is -2.46. The molecule has 0 unspecified atom stereocenters. The highest BCUT2D eigenvalue weighted by atomic mass is 16.4. The highest BCUT2D eigenvalue weighted by Gasteiger charge is 2.29. The number of likely N-dealkylation sites (tertiary alicyclic amines) is 2. The van der Waals surface area contributed by atoms with Crippen molar-refractivity contribution in [1.29, 1.82) is 0 Å². The summed E-state index contributed by atoms with van der Waals surface area (Å²) in [5.41, 5.74) is 2.06. The normalized spacial score (nSPS) is 20.2. The van der Waals surface area contributed by atoms with E-state index in [4.69, 9.17) is 10.2 Å². The predicted molar refractivity (Wildman–Crippen MR) is 142 cm³/mol. The minimum Gasteiger partial charge on any atom is -0.480 e. The first-order valence-corrected chi connectivity index (χ1v) is 13.4. The summed E-state index contributed by atoms with van der Waals surface area (Å²) in [6.45, 7) is 5.59. The van der Waals surface area contributed by atoms with Crippen LogP contribution in [0.2, 0.25) is 0 Å². The number of carboxylic acid groups (broad SMARTS) is 2. The number of anilines is 3. The second kappa shape index (κ2) is 13.0. The fourth-order valence-corrected chi connectivity index (χ4v) is 5.42. The number of carbonyl (C=O) groups excluding carboxylic acids is 2. The molecule has 3 aliphatic heterocycles. The van der Waals surface area contributed by atoms with Gasteiger partial charge in [0.1, 0.15) is 0 Å². The lowest BCUT2D eigenvalue weighted by Gasteiger charge is -2.32. The molecule has 1 aromatic rings. The zero-order valence-electron chi connectivity index (χ0n) is 21.7. The van der Waals surface area contributed by atoms with E-state index in [2.05, 4.69) is 20.9 Å². The summed E-state index contributed by atoms with van der Waals surface area (Å²) in [6.07, 6.45) is 2.31. The Morgan fingerprint density at radius 2 is 1.21 bits per heavy atom. The van der Waals surface area contributed by atoms with Crippen LogP contribution >= 0.6 is 0 Å². The molecule has 0 radical (unpaired) electrons. The SMILES string of the molecule is O=C(O)CN1CCC(C(=O)Nc2ccc(N3CCNCC3)cc2NC(=O)C2CCN(CC(=O)O)CC2)CC1. The third kappa shape index (κ3) is 7.65. The lowest BCUT2D eigenvalue weighted by Crippen LogP contribution is -2.43. The van der Waals surface area contributed by atoms with Crippen molar-refractivity contribution < 1.29 is 29.4 Å². The number of amides is 2. The Kier molecular flexibility index (Phi) is 9.53. The number of rotatable bonds is 9. The molecule has 0 atom stereocenters. The maximum atomic E-state index is 13.2. The van der Waals surface area contributed by atoms with Crippen molar-refractivity contribution in [2.24, 2.45) is 11.8 Å². The summed E-state index contributed by atoms with van der Waals surface area (Å²) >= 11 is 0. The van der Waals surface area contributed by atoms with E-state index in [1.54, 1.807) is 0 Å². The van der Waals surface area contributed by atoms with Crippen LogP contribution in [0.5, 0.6) is 0 Å². The maximum Gasteiger partial charge on any atom is 0.317 e. The van der Waals surface area contributed by atoms with Gasteiger partial charge in [-0.15, -0.1) is 0 Å². The Hall–Kier alpha value is -3.22. The predicted octanol–water partition coefficient (Wildman–Crippen LogP) is 0.566. The average Bonchev–Trinajstić information content (AvgIpc) is 2.90. The molecule has 2 amide bonds. The van der Waals surface area contributed by atoms with E-state index in [-0.39, 0.29) is 36.7 Å². The molecule has 12 nitrogen and oxygen atoms in total. The molecule has 3 aliphatic rings. The molecular formula is C26H38N6O6. The van der Waals surface area contributed by atoms with Gasteiger partial charge in [-0.3, -0.25) is 29.0 Å². The molecule has 38 heavy (non-hydrogen) atoms. The van der Waals surface area contributed by atoms with E-state index in [9.17, 15) is 19.2 Å². The Morgan fingerprint density at radius 3 is 1.68 bits per heavy atom. The van der Waals surface area contributed by atoms with E-state index in [0.29, 0.717) is 63.2 Å². The third-order valence-corrected chi connectivity index (χ3v) is 7.64. The lowest BCUT2D eigenvalue weighted by molar-refractivity contribution is -0.139. The molecule has 0 spiro atoms. The Bertz CT molecular complexity index is 1010. The highest BCUT2D eigenvalue weighted by Crippen LogP contribution is 2.31. The monoisotopic (exact) mass is 530 g/mol. The van der Waals surface area contributed by atoms with Crippen molar-refractivity contribution in [3.05, 3.63) is 18.2 Å². The lowest BCUT2D eigenvalue weighted by atomic mass is 9.95. The van der Waals surface area contributed by atoms with Gasteiger partial charge in [0.05, 0.1) is 24.5 Å². The number of hydrogen-bond acceptors (Lipinski definition) is 8. The van der Waals surface area contributed by atoms with E-state index in [0.717, 1.165) is 31.9 Å². The topological polar surface area (TPSA) is 155 Å². The third-order valence-electron chi connectivity index (χ3n) is 7.64. The van der Waals surface area contributed by atoms with E-state index in [1.165, 1.54) is 0 Å². The van der Waals surface area contributed by atoms with Crippen molar-refractivity contribution in [2.45, 2.75) is 25.7 Å². The summed E-state index contributed by atoms with van der Waals surface area (Å²) in [5, 5.41) is 27.4. The molecule has 12 heteroatoms. The summed E-state index contributed by atoms with van der Waals surface area (Å²) in [4.78, 5) is 54.2. The van der Waals surface area contributed by atoms with Crippen LogP contribution in [0.15, 0.2) is 18.2 Å². The van der Waals surface area contributed by atoms with Gasteiger partial charge in [-0.05, 0) is 70.1 Å². The molecule has 0 aromatic heterocycles. The van der Waals surface area contributed by atoms with Crippen LogP contribution in [-0.2, 0) is 19.2 Å². The van der Waals surface area contributed by atoms with E-state index >= 15 is 0 Å². The van der Waals surface area contributed by atoms with Crippen LogP contribution in [0.1, 0.15) is 25.7 Å². The second-order valence-electron chi connectivity index (χ2n) is 10.3. The number of nitrogens with zero attached hydrogens (tertiary/aromatic N) is 3. The fourth-order valence-electron chi connectivity index (χ4n) is 5.42. The Labute approximate surface area is 222 Å². The van der Waals surface area contributed by atoms with Crippen molar-refractivity contribution >= 4 is 40.8 Å². The van der Waals surface area contributed by atoms with Crippen molar-refractivity contribution in [1.82, 2.24) is 15.1 Å². The first-order chi connectivity index (χ1) is 18.3. The number of aliphatic carboxylic acids is 2. The van der Waals surface area contributed by atoms with Crippen LogP contribution in [0.25, 0.3) is 0 Å². The van der Waals surface area contributed by atoms with Crippen LogP contribution in [0.3, 0.4) is 0 Å². The Morgan fingerprint density at radius 1 is 0.737 bits per heavy atom. The van der Waals surface area contributed by atoms with Gasteiger partial charge in [-0.1, -0.05) is 0 Å². The van der Waals surface area contributed by atoms with Crippen molar-refractivity contribution in [3.8, 4) is 0 Å². The van der Waals surface area contributed by atoms with Gasteiger partial charge in [-0.2, -0.15) is 0 Å². The average molecular weight is 531 g/mol. The molecule has 0 bridgehead atoms. The van der Waals surface area contributed by atoms with Gasteiger partial charge in [0, 0.05) is 43.7 Å². The zero-order chi connectivity index (χ0) is 27.1. The van der Waals surface area contributed by atoms with Gasteiger partial charge in [0.15, 0.2) is 0 Å². The molecule has 0 saturated carbocycles. The smallest absolute Gasteiger partial charge is 0.317 e. The summed E-state index contributed by atoms with van der Waals surface area (Å²) in [7, 11) is 0. The van der Waals surface area contributed by atoms with E-state index < -0.39 is 11.9 Å². The molecule has 208 valence electrons. The van der Waals surface area contributed by atoms with Gasteiger partial charge in [0.25, 0.3) is 0 Å². The van der Waals surface area contributed by atoms with Crippen LogP contribution in [-0.4, -0.2) is 109 Å². The number of piperidine rings is 2. The quantitative estimate of drug-likeness (QED) is 0.306. The second-order valence-corrected chi connectivity index (χ2v) is 10.3. The molecule has 3 saturated heterocycles. The van der Waals surface area contributed by atoms with Gasteiger partial charge in [0.2, 0.25) is 11.8 Å². The van der Waals surface area contributed by atoms with Crippen molar-refractivity contribution in [3.63, 3.8) is 0 Å². The molecule has 3 fully saturated rings. The van der Waals surface area contributed by atoms with Gasteiger partial charge >= 0.3 is 11.9 Å². The Balaban J connectivity index is 1.43. The molecule has 3 heterocycles. The van der Waals surface area contributed by atoms with Crippen LogP contribution in [0.4, 0.5) is 17.1 Å². The fraction of sp³-hybridized carbons (Fsp3) is 0.615. The first kappa shape index (κ1) is 27.8. The molecule has 1 aromatic carbocycles. The maximum absolute atomic E-state index is 13.2. The number of hydrogen-bond donors (Lipinski definition) is 5. The minimum atomic E-state index is -0.870. The summed E-state index contributed by atoms with van der Waals surface area (Å²) < 4.78 is 0. The number of benzene rings is 1. The minimum absolute atomic E-state index is 0.0206. The van der Waals surface area contributed by atoms with Gasteiger partial charge < -0.3 is 31.1 Å². The van der Waals surface area contributed by atoms with Crippen LogP contribution < -0.4 is 20.9 Å². The number of carboxylic acids is 2.